The van der Waals surface area contributed by atoms with E-state index in [1.54, 1.807) is 0 Å². The number of rotatable bonds is 3. The fourth-order valence-electron chi connectivity index (χ4n) is 2.78. The van der Waals surface area contributed by atoms with Crippen molar-refractivity contribution in [1.82, 2.24) is 10.2 Å². The van der Waals surface area contributed by atoms with Crippen LogP contribution >= 0.6 is 12.2 Å². The van der Waals surface area contributed by atoms with Crippen molar-refractivity contribution >= 4 is 17.3 Å². The summed E-state index contributed by atoms with van der Waals surface area (Å²) in [6.45, 7) is 6.68. The lowest BCUT2D eigenvalue weighted by Crippen LogP contribution is -2.66. The number of hydrogen-bond acceptors (Lipinski definition) is 2. The molecule has 0 radical (unpaired) electrons. The molecule has 1 atom stereocenters. The zero-order chi connectivity index (χ0) is 14.1. The molecule has 0 spiro atoms. The van der Waals surface area contributed by atoms with Crippen molar-refractivity contribution in [3.63, 3.8) is 0 Å². The molecule has 1 fully saturated rings. The highest BCUT2D eigenvalue weighted by Crippen LogP contribution is 2.29. The molecule has 0 aromatic heterocycles. The Morgan fingerprint density at radius 3 is 2.47 bits per heavy atom. The molecule has 1 heterocycles. The summed E-state index contributed by atoms with van der Waals surface area (Å²) in [5.41, 5.74) is 0.204. The summed E-state index contributed by atoms with van der Waals surface area (Å²) in [6, 6.07) is 10.3. The second-order valence-corrected chi connectivity index (χ2v) is 6.48. The van der Waals surface area contributed by atoms with E-state index in [0.717, 1.165) is 13.0 Å². The highest BCUT2D eigenvalue weighted by molar-refractivity contribution is 7.80. The van der Waals surface area contributed by atoms with Gasteiger partial charge in [-0.2, -0.15) is 0 Å². The molecule has 19 heavy (non-hydrogen) atoms. The quantitative estimate of drug-likeness (QED) is 0.832. The van der Waals surface area contributed by atoms with E-state index in [1.165, 1.54) is 5.56 Å². The van der Waals surface area contributed by atoms with Crippen LogP contribution in [0.2, 0.25) is 0 Å². The zero-order valence-corrected chi connectivity index (χ0v) is 12.6. The minimum absolute atomic E-state index is 0.163. The second kappa shape index (κ2) is 5.10. The van der Waals surface area contributed by atoms with Crippen LogP contribution in [0.25, 0.3) is 0 Å². The predicted molar refractivity (Wildman–Crippen MR) is 81.9 cm³/mol. The molecule has 2 N–H and O–H groups in total. The van der Waals surface area contributed by atoms with Gasteiger partial charge in [-0.1, -0.05) is 30.3 Å². The largest absolute Gasteiger partial charge is 0.371 e. The molecule has 1 aliphatic rings. The van der Waals surface area contributed by atoms with Gasteiger partial charge in [-0.05, 0) is 45.0 Å². The standard InChI is InChI=1S/C15H22N2OS/c1-14(2)11-15(3,18)17(13(19)16-14)10-9-12-7-5-4-6-8-12/h4-8,18H,9-11H2,1-3H3,(H,16,19)/t15-/m1/s1. The topological polar surface area (TPSA) is 35.5 Å². The number of hydrogen-bond donors (Lipinski definition) is 2. The molecule has 0 bridgehead atoms. The molecule has 1 aromatic carbocycles. The molecule has 104 valence electrons. The summed E-state index contributed by atoms with van der Waals surface area (Å²) in [6.07, 6.45) is 1.52. The Hall–Kier alpha value is -1.13. The molecular weight excluding hydrogens is 256 g/mol. The molecular formula is C15H22N2OS. The molecule has 2 rings (SSSR count). The average molecular weight is 278 g/mol. The van der Waals surface area contributed by atoms with E-state index < -0.39 is 5.72 Å². The van der Waals surface area contributed by atoms with Gasteiger partial charge < -0.3 is 15.3 Å². The fraction of sp³-hybridized carbons (Fsp3) is 0.533. The van der Waals surface area contributed by atoms with Gasteiger partial charge in [0.15, 0.2) is 5.11 Å². The highest BCUT2D eigenvalue weighted by Gasteiger charge is 2.42. The summed E-state index contributed by atoms with van der Waals surface area (Å²) >= 11 is 5.40. The molecule has 0 unspecified atom stereocenters. The van der Waals surface area contributed by atoms with Crippen molar-refractivity contribution in [2.24, 2.45) is 0 Å². The van der Waals surface area contributed by atoms with E-state index in [9.17, 15) is 5.11 Å². The lowest BCUT2D eigenvalue weighted by Gasteiger charge is -2.49. The average Bonchev–Trinajstić information content (AvgIpc) is 2.26. The van der Waals surface area contributed by atoms with Crippen molar-refractivity contribution in [3.8, 4) is 0 Å². The Balaban J connectivity index is 2.05. The summed E-state index contributed by atoms with van der Waals surface area (Å²) in [5.74, 6) is 0. The Morgan fingerprint density at radius 1 is 1.26 bits per heavy atom. The first kappa shape index (κ1) is 14.3. The third-order valence-electron chi connectivity index (χ3n) is 3.52. The van der Waals surface area contributed by atoms with Crippen molar-refractivity contribution in [1.29, 1.82) is 0 Å². The van der Waals surface area contributed by atoms with Crippen LogP contribution in [0.15, 0.2) is 30.3 Å². The van der Waals surface area contributed by atoms with Crippen LogP contribution in [0, 0.1) is 0 Å². The molecule has 1 saturated heterocycles. The lowest BCUT2D eigenvalue weighted by atomic mass is 9.90. The van der Waals surface area contributed by atoms with Crippen LogP contribution in [-0.4, -0.2) is 32.9 Å². The monoisotopic (exact) mass is 278 g/mol. The first-order chi connectivity index (χ1) is 8.80. The maximum Gasteiger partial charge on any atom is 0.171 e. The first-order valence-corrected chi connectivity index (χ1v) is 7.07. The third-order valence-corrected chi connectivity index (χ3v) is 3.84. The molecule has 1 aromatic rings. The Morgan fingerprint density at radius 2 is 1.89 bits per heavy atom. The van der Waals surface area contributed by atoms with Crippen molar-refractivity contribution in [2.45, 2.75) is 44.9 Å². The van der Waals surface area contributed by atoms with Gasteiger partial charge in [0.1, 0.15) is 5.72 Å². The SMILES string of the molecule is CC1(C)C[C@@](C)(O)N(CCc2ccccc2)C(=S)N1. The van der Waals surface area contributed by atoms with E-state index >= 15 is 0 Å². The summed E-state index contributed by atoms with van der Waals surface area (Å²) in [4.78, 5) is 1.89. The number of aliphatic hydroxyl groups is 1. The predicted octanol–water partition coefficient (Wildman–Crippen LogP) is 2.30. The minimum atomic E-state index is -0.888. The van der Waals surface area contributed by atoms with Crippen molar-refractivity contribution in [2.75, 3.05) is 6.54 Å². The normalized spacial score (nSPS) is 26.1. The van der Waals surface area contributed by atoms with Gasteiger partial charge in [0.2, 0.25) is 0 Å². The van der Waals surface area contributed by atoms with Gasteiger partial charge in [-0.25, -0.2) is 0 Å². The van der Waals surface area contributed by atoms with E-state index in [0.29, 0.717) is 11.5 Å². The molecule has 0 aliphatic carbocycles. The smallest absolute Gasteiger partial charge is 0.171 e. The number of thiocarbonyl (C=S) groups is 1. The van der Waals surface area contributed by atoms with Gasteiger partial charge in [0.25, 0.3) is 0 Å². The van der Waals surface area contributed by atoms with Crippen molar-refractivity contribution < 1.29 is 5.11 Å². The number of benzene rings is 1. The summed E-state index contributed by atoms with van der Waals surface area (Å²) in [5, 5.41) is 14.5. The highest BCUT2D eigenvalue weighted by atomic mass is 32.1. The number of nitrogens with one attached hydrogen (secondary N) is 1. The van der Waals surface area contributed by atoms with Gasteiger partial charge in [0, 0.05) is 18.5 Å². The van der Waals surface area contributed by atoms with Gasteiger partial charge in [-0.15, -0.1) is 0 Å². The molecule has 4 heteroatoms. The van der Waals surface area contributed by atoms with Crippen LogP contribution in [-0.2, 0) is 6.42 Å². The van der Waals surface area contributed by atoms with Crippen molar-refractivity contribution in [3.05, 3.63) is 35.9 Å². The van der Waals surface area contributed by atoms with Crippen LogP contribution in [0.5, 0.6) is 0 Å². The number of nitrogens with zero attached hydrogens (tertiary/aromatic N) is 1. The van der Waals surface area contributed by atoms with E-state index in [-0.39, 0.29) is 5.54 Å². The Bertz CT molecular complexity index is 456. The second-order valence-electron chi connectivity index (χ2n) is 6.10. The van der Waals surface area contributed by atoms with Crippen LogP contribution in [0.3, 0.4) is 0 Å². The van der Waals surface area contributed by atoms with Crippen LogP contribution < -0.4 is 5.32 Å². The first-order valence-electron chi connectivity index (χ1n) is 6.66. The summed E-state index contributed by atoms with van der Waals surface area (Å²) in [7, 11) is 0. The molecule has 0 saturated carbocycles. The van der Waals surface area contributed by atoms with Gasteiger partial charge in [0.05, 0.1) is 0 Å². The molecule has 0 amide bonds. The van der Waals surface area contributed by atoms with Crippen LogP contribution in [0.4, 0.5) is 0 Å². The third kappa shape index (κ3) is 3.45. The fourth-order valence-corrected chi connectivity index (χ4v) is 3.34. The molecule has 1 aliphatic heterocycles. The Kier molecular flexibility index (Phi) is 3.83. The Labute approximate surface area is 120 Å². The zero-order valence-electron chi connectivity index (χ0n) is 11.8. The maximum absolute atomic E-state index is 10.6. The van der Waals surface area contributed by atoms with Crippen LogP contribution in [0.1, 0.15) is 32.8 Å². The van der Waals surface area contributed by atoms with Gasteiger partial charge >= 0.3 is 0 Å². The minimum Gasteiger partial charge on any atom is -0.371 e. The van der Waals surface area contributed by atoms with E-state index in [2.05, 4.69) is 31.3 Å². The van der Waals surface area contributed by atoms with E-state index in [1.807, 2.05) is 30.0 Å². The molecule has 3 nitrogen and oxygen atoms in total. The lowest BCUT2D eigenvalue weighted by molar-refractivity contribution is -0.0876. The summed E-state index contributed by atoms with van der Waals surface area (Å²) < 4.78 is 0. The van der Waals surface area contributed by atoms with Gasteiger partial charge in [-0.3, -0.25) is 0 Å². The van der Waals surface area contributed by atoms with E-state index in [4.69, 9.17) is 12.2 Å². The maximum atomic E-state index is 10.6.